The van der Waals surface area contributed by atoms with E-state index >= 15 is 0 Å². The SMILES string of the molecule is CCN(C(=O)C(=O)NCc1ccco1)C1CCS(=O)(=O)C1. The summed E-state index contributed by atoms with van der Waals surface area (Å²) in [6, 6.07) is 2.96. The summed E-state index contributed by atoms with van der Waals surface area (Å²) in [6.45, 7) is 2.15. The first kappa shape index (κ1) is 15.6. The van der Waals surface area contributed by atoms with Crippen LogP contribution in [-0.4, -0.2) is 49.2 Å². The number of nitrogens with zero attached hydrogens (tertiary/aromatic N) is 1. The lowest BCUT2D eigenvalue weighted by Gasteiger charge is -2.25. The van der Waals surface area contributed by atoms with Gasteiger partial charge in [0.15, 0.2) is 9.84 Å². The highest BCUT2D eigenvalue weighted by Crippen LogP contribution is 2.17. The van der Waals surface area contributed by atoms with Gasteiger partial charge in [0.2, 0.25) is 0 Å². The lowest BCUT2D eigenvalue weighted by atomic mass is 10.2. The molecule has 21 heavy (non-hydrogen) atoms. The Kier molecular flexibility index (Phi) is 4.66. The number of amides is 2. The van der Waals surface area contributed by atoms with Crippen molar-refractivity contribution in [3.63, 3.8) is 0 Å². The molecule has 2 rings (SSSR count). The Morgan fingerprint density at radius 1 is 1.48 bits per heavy atom. The second kappa shape index (κ2) is 6.30. The van der Waals surface area contributed by atoms with Crippen molar-refractivity contribution in [3.05, 3.63) is 24.2 Å². The van der Waals surface area contributed by atoms with Crippen LogP contribution in [0.2, 0.25) is 0 Å². The van der Waals surface area contributed by atoms with Gasteiger partial charge in [-0.25, -0.2) is 8.42 Å². The molecule has 1 fully saturated rings. The molecule has 7 nitrogen and oxygen atoms in total. The van der Waals surface area contributed by atoms with Crippen molar-refractivity contribution in [2.75, 3.05) is 18.1 Å². The van der Waals surface area contributed by atoms with Gasteiger partial charge in [0.25, 0.3) is 0 Å². The van der Waals surface area contributed by atoms with Gasteiger partial charge in [0.1, 0.15) is 5.76 Å². The van der Waals surface area contributed by atoms with E-state index in [2.05, 4.69) is 5.32 Å². The number of furan rings is 1. The van der Waals surface area contributed by atoms with E-state index in [0.717, 1.165) is 0 Å². The van der Waals surface area contributed by atoms with Crippen LogP contribution < -0.4 is 5.32 Å². The van der Waals surface area contributed by atoms with Crippen molar-refractivity contribution in [1.29, 1.82) is 0 Å². The summed E-state index contributed by atoms with van der Waals surface area (Å²) < 4.78 is 28.0. The van der Waals surface area contributed by atoms with Gasteiger partial charge in [-0.15, -0.1) is 0 Å². The Bertz CT molecular complexity index is 609. The third-order valence-electron chi connectivity index (χ3n) is 3.45. The molecule has 116 valence electrons. The summed E-state index contributed by atoms with van der Waals surface area (Å²) in [6.07, 6.45) is 1.86. The number of rotatable bonds is 4. The third kappa shape index (κ3) is 3.84. The molecule has 0 saturated carbocycles. The van der Waals surface area contributed by atoms with E-state index in [1.807, 2.05) is 0 Å². The van der Waals surface area contributed by atoms with Crippen LogP contribution in [0.1, 0.15) is 19.1 Å². The van der Waals surface area contributed by atoms with E-state index in [1.165, 1.54) is 11.2 Å². The van der Waals surface area contributed by atoms with E-state index in [0.29, 0.717) is 18.7 Å². The second-order valence-electron chi connectivity index (χ2n) is 4.91. The van der Waals surface area contributed by atoms with E-state index in [4.69, 9.17) is 4.42 Å². The Morgan fingerprint density at radius 3 is 2.76 bits per heavy atom. The van der Waals surface area contributed by atoms with Crippen molar-refractivity contribution in [3.8, 4) is 0 Å². The Hall–Kier alpha value is -1.83. The van der Waals surface area contributed by atoms with Gasteiger partial charge in [-0.2, -0.15) is 0 Å². The second-order valence-corrected chi connectivity index (χ2v) is 7.14. The molecule has 1 atom stereocenters. The minimum absolute atomic E-state index is 0.0649. The summed E-state index contributed by atoms with van der Waals surface area (Å²) >= 11 is 0. The Labute approximate surface area is 123 Å². The Morgan fingerprint density at radius 2 is 2.24 bits per heavy atom. The first-order valence-electron chi connectivity index (χ1n) is 6.74. The lowest BCUT2D eigenvalue weighted by Crippen LogP contribution is -2.48. The van der Waals surface area contributed by atoms with Crippen molar-refractivity contribution in [2.45, 2.75) is 25.9 Å². The van der Waals surface area contributed by atoms with Crippen LogP contribution in [0.25, 0.3) is 0 Å². The zero-order valence-corrected chi connectivity index (χ0v) is 12.6. The molecular formula is C13H18N2O5S. The highest BCUT2D eigenvalue weighted by atomic mass is 32.2. The number of hydrogen-bond donors (Lipinski definition) is 1. The largest absolute Gasteiger partial charge is 0.467 e. The van der Waals surface area contributed by atoms with Gasteiger partial charge in [0.05, 0.1) is 24.3 Å². The summed E-state index contributed by atoms with van der Waals surface area (Å²) in [5.41, 5.74) is 0. The fraction of sp³-hybridized carbons (Fsp3) is 0.538. The van der Waals surface area contributed by atoms with Crippen LogP contribution in [0.4, 0.5) is 0 Å². The summed E-state index contributed by atoms with van der Waals surface area (Å²) in [5, 5.41) is 2.47. The molecule has 0 radical (unpaired) electrons. The normalized spacial score (nSPS) is 20.1. The zero-order valence-electron chi connectivity index (χ0n) is 11.7. The van der Waals surface area contributed by atoms with Crippen molar-refractivity contribution in [2.24, 2.45) is 0 Å². The molecule has 1 N–H and O–H groups in total. The minimum Gasteiger partial charge on any atom is -0.467 e. The van der Waals surface area contributed by atoms with Gasteiger partial charge >= 0.3 is 11.8 Å². The first-order valence-corrected chi connectivity index (χ1v) is 8.56. The van der Waals surface area contributed by atoms with Crippen molar-refractivity contribution >= 4 is 21.7 Å². The Balaban J connectivity index is 1.94. The number of carbonyl (C=O) groups is 2. The highest BCUT2D eigenvalue weighted by molar-refractivity contribution is 7.91. The van der Waals surface area contributed by atoms with Gasteiger partial charge in [-0.05, 0) is 25.5 Å². The molecule has 1 aromatic heterocycles. The van der Waals surface area contributed by atoms with Crippen LogP contribution >= 0.6 is 0 Å². The molecule has 1 unspecified atom stereocenters. The van der Waals surface area contributed by atoms with Crippen LogP contribution in [-0.2, 0) is 26.0 Å². The molecule has 1 saturated heterocycles. The van der Waals surface area contributed by atoms with E-state index in [9.17, 15) is 18.0 Å². The molecule has 0 spiro atoms. The van der Waals surface area contributed by atoms with Crippen LogP contribution in [0.15, 0.2) is 22.8 Å². The maximum absolute atomic E-state index is 12.1. The summed E-state index contributed by atoms with van der Waals surface area (Å²) in [5.74, 6) is -0.917. The molecule has 8 heteroatoms. The summed E-state index contributed by atoms with van der Waals surface area (Å²) in [7, 11) is -3.10. The molecule has 1 aliphatic rings. The molecule has 2 heterocycles. The molecule has 0 bridgehead atoms. The van der Waals surface area contributed by atoms with Gasteiger partial charge in [-0.3, -0.25) is 9.59 Å². The maximum Gasteiger partial charge on any atom is 0.312 e. The predicted molar refractivity (Wildman–Crippen MR) is 75.0 cm³/mol. The fourth-order valence-electron chi connectivity index (χ4n) is 2.38. The number of sulfone groups is 1. The topological polar surface area (TPSA) is 96.7 Å². The first-order chi connectivity index (χ1) is 9.93. The van der Waals surface area contributed by atoms with E-state index in [-0.39, 0.29) is 18.1 Å². The summed E-state index contributed by atoms with van der Waals surface area (Å²) in [4.78, 5) is 25.3. The van der Waals surface area contributed by atoms with Gasteiger partial charge in [0, 0.05) is 12.6 Å². The number of carbonyl (C=O) groups excluding carboxylic acids is 2. The monoisotopic (exact) mass is 314 g/mol. The van der Waals surface area contributed by atoms with E-state index < -0.39 is 27.7 Å². The van der Waals surface area contributed by atoms with E-state index in [1.54, 1.807) is 19.1 Å². The number of likely N-dealkylation sites (N-methyl/N-ethyl adjacent to an activating group) is 1. The van der Waals surface area contributed by atoms with Crippen molar-refractivity contribution < 1.29 is 22.4 Å². The van der Waals surface area contributed by atoms with Crippen LogP contribution in [0.5, 0.6) is 0 Å². The predicted octanol–water partition coefficient (Wildman–Crippen LogP) is -0.0686. The lowest BCUT2D eigenvalue weighted by molar-refractivity contribution is -0.147. The third-order valence-corrected chi connectivity index (χ3v) is 5.20. The maximum atomic E-state index is 12.1. The average molecular weight is 314 g/mol. The average Bonchev–Trinajstić information content (AvgIpc) is 3.06. The van der Waals surface area contributed by atoms with Crippen LogP contribution in [0, 0.1) is 0 Å². The smallest absolute Gasteiger partial charge is 0.312 e. The molecule has 1 aliphatic heterocycles. The molecule has 2 amide bonds. The number of hydrogen-bond acceptors (Lipinski definition) is 5. The van der Waals surface area contributed by atoms with Gasteiger partial charge in [-0.1, -0.05) is 0 Å². The molecule has 1 aromatic rings. The quantitative estimate of drug-likeness (QED) is 0.785. The van der Waals surface area contributed by atoms with Crippen LogP contribution in [0.3, 0.4) is 0 Å². The molecule has 0 aliphatic carbocycles. The molecular weight excluding hydrogens is 296 g/mol. The number of nitrogens with one attached hydrogen (secondary N) is 1. The standard InChI is InChI=1S/C13H18N2O5S/c1-2-15(10-5-7-21(18,19)9-10)13(17)12(16)14-8-11-4-3-6-20-11/h3-4,6,10H,2,5,7-9H2,1H3,(H,14,16). The van der Waals surface area contributed by atoms with Crippen molar-refractivity contribution in [1.82, 2.24) is 10.2 Å². The zero-order chi connectivity index (χ0) is 15.5. The minimum atomic E-state index is -3.10. The highest BCUT2D eigenvalue weighted by Gasteiger charge is 2.35. The molecule has 0 aromatic carbocycles. The van der Waals surface area contributed by atoms with Gasteiger partial charge < -0.3 is 14.6 Å². The fourth-order valence-corrected chi connectivity index (χ4v) is 4.11.